The molecule has 0 atom stereocenters. The van der Waals surface area contributed by atoms with E-state index < -0.39 is 6.09 Å². The molecule has 0 unspecified atom stereocenters. The second-order valence-corrected chi connectivity index (χ2v) is 1.58. The fourth-order valence-corrected chi connectivity index (χ4v) is 0.313. The van der Waals surface area contributed by atoms with Gasteiger partial charge in [-0.2, -0.15) is 0 Å². The van der Waals surface area contributed by atoms with Gasteiger partial charge in [0.1, 0.15) is 0 Å². The minimum absolute atomic E-state index is 0.0992. The van der Waals surface area contributed by atoms with Gasteiger partial charge in [-0.3, -0.25) is 4.79 Å². The Hall–Kier alpha value is -1.26. The summed E-state index contributed by atoms with van der Waals surface area (Å²) in [6.45, 7) is 1.46. The van der Waals surface area contributed by atoms with E-state index in [1.165, 1.54) is 14.0 Å². The molecule has 0 saturated heterocycles. The van der Waals surface area contributed by atoms with Crippen LogP contribution in [0.4, 0.5) is 4.79 Å². The molecule has 58 valence electrons. The summed E-state index contributed by atoms with van der Waals surface area (Å²) in [7, 11) is 1.25. The Bertz CT molecular complexity index is 135. The molecule has 0 radical (unpaired) electrons. The average Bonchev–Trinajstić information content (AvgIpc) is 1.87. The molecule has 0 fully saturated rings. The minimum atomic E-state index is -0.561. The number of alkyl carbamates (subject to hydrolysis) is 1. The Kier molecular flexibility index (Phi) is 4.02. The zero-order chi connectivity index (χ0) is 7.98. The van der Waals surface area contributed by atoms with Crippen LogP contribution in [0.2, 0.25) is 0 Å². The highest BCUT2D eigenvalue weighted by molar-refractivity contribution is 5.73. The molecule has 5 nitrogen and oxygen atoms in total. The SMILES string of the molecule is COC(=O)NCNC(C)=O. The van der Waals surface area contributed by atoms with E-state index in [1.807, 2.05) is 0 Å². The third kappa shape index (κ3) is 4.89. The molecule has 10 heavy (non-hydrogen) atoms. The molecule has 0 heterocycles. The van der Waals surface area contributed by atoms with Gasteiger partial charge in [-0.1, -0.05) is 0 Å². The van der Waals surface area contributed by atoms with Crippen LogP contribution in [-0.4, -0.2) is 25.8 Å². The van der Waals surface area contributed by atoms with Crippen molar-refractivity contribution in [3.8, 4) is 0 Å². The third-order valence-corrected chi connectivity index (χ3v) is 0.755. The topological polar surface area (TPSA) is 67.4 Å². The van der Waals surface area contributed by atoms with Crippen molar-refractivity contribution in [1.29, 1.82) is 0 Å². The van der Waals surface area contributed by atoms with Gasteiger partial charge in [-0.15, -0.1) is 0 Å². The number of hydrogen-bond donors (Lipinski definition) is 2. The normalized spacial score (nSPS) is 8.20. The predicted octanol–water partition coefficient (Wildman–Crippen LogP) is -0.564. The third-order valence-electron chi connectivity index (χ3n) is 0.755. The number of carbonyl (C=O) groups is 2. The van der Waals surface area contributed by atoms with E-state index in [4.69, 9.17) is 0 Å². The molecule has 2 N–H and O–H groups in total. The lowest BCUT2D eigenvalue weighted by atomic mass is 10.7. The Labute approximate surface area is 58.7 Å². The zero-order valence-electron chi connectivity index (χ0n) is 5.93. The summed E-state index contributed by atoms with van der Waals surface area (Å²) in [5.41, 5.74) is 0. The maximum atomic E-state index is 10.3. The van der Waals surface area contributed by atoms with Crippen LogP contribution in [0.3, 0.4) is 0 Å². The van der Waals surface area contributed by atoms with Gasteiger partial charge in [0.05, 0.1) is 13.8 Å². The standard InChI is InChI=1S/C5H10N2O3/c1-4(8)6-3-7-5(9)10-2/h3H2,1-2H3,(H,6,8)(H,7,9). The molecular weight excluding hydrogens is 136 g/mol. The number of carbonyl (C=O) groups excluding carboxylic acids is 2. The molecule has 0 bridgehead atoms. The molecule has 0 aliphatic carbocycles. The van der Waals surface area contributed by atoms with E-state index in [0.717, 1.165) is 0 Å². The van der Waals surface area contributed by atoms with Crippen LogP contribution in [0.25, 0.3) is 0 Å². The molecule has 0 spiro atoms. The van der Waals surface area contributed by atoms with Crippen molar-refractivity contribution in [2.75, 3.05) is 13.8 Å². The first-order chi connectivity index (χ1) is 4.66. The summed E-state index contributed by atoms with van der Waals surface area (Å²) in [5, 5.41) is 4.63. The first kappa shape index (κ1) is 8.74. The molecule has 0 aliphatic rings. The van der Waals surface area contributed by atoms with E-state index >= 15 is 0 Å². The summed E-state index contributed by atoms with van der Waals surface area (Å²) >= 11 is 0. The van der Waals surface area contributed by atoms with Crippen LogP contribution in [0, 0.1) is 0 Å². The highest BCUT2D eigenvalue weighted by Crippen LogP contribution is 1.66. The summed E-state index contributed by atoms with van der Waals surface area (Å²) in [4.78, 5) is 20.5. The van der Waals surface area contributed by atoms with Gasteiger partial charge in [-0.05, 0) is 0 Å². The van der Waals surface area contributed by atoms with Gasteiger partial charge < -0.3 is 15.4 Å². The van der Waals surface area contributed by atoms with Crippen LogP contribution >= 0.6 is 0 Å². The number of ether oxygens (including phenoxy) is 1. The zero-order valence-corrected chi connectivity index (χ0v) is 5.93. The number of methoxy groups -OCH3 is 1. The summed E-state index contributed by atoms with van der Waals surface area (Å²) < 4.78 is 4.23. The van der Waals surface area contributed by atoms with Crippen LogP contribution in [0.1, 0.15) is 6.92 Å². The number of nitrogens with one attached hydrogen (secondary N) is 2. The van der Waals surface area contributed by atoms with Crippen molar-refractivity contribution in [3.63, 3.8) is 0 Å². The largest absolute Gasteiger partial charge is 0.453 e. The van der Waals surface area contributed by atoms with E-state index in [2.05, 4.69) is 15.4 Å². The smallest absolute Gasteiger partial charge is 0.408 e. The molecule has 0 aromatic rings. The lowest BCUT2D eigenvalue weighted by Gasteiger charge is -2.02. The lowest BCUT2D eigenvalue weighted by molar-refractivity contribution is -0.119. The van der Waals surface area contributed by atoms with Crippen LogP contribution in [-0.2, 0) is 9.53 Å². The Morgan fingerprint density at radius 2 is 2.00 bits per heavy atom. The molecule has 0 aromatic heterocycles. The Morgan fingerprint density at radius 1 is 1.40 bits per heavy atom. The van der Waals surface area contributed by atoms with Crippen molar-refractivity contribution in [1.82, 2.24) is 10.6 Å². The van der Waals surface area contributed by atoms with Gasteiger partial charge in [0, 0.05) is 6.92 Å². The van der Waals surface area contributed by atoms with Gasteiger partial charge >= 0.3 is 6.09 Å². The molecule has 0 saturated carbocycles. The van der Waals surface area contributed by atoms with Crippen LogP contribution in [0.15, 0.2) is 0 Å². The molecule has 0 rings (SSSR count). The monoisotopic (exact) mass is 146 g/mol. The van der Waals surface area contributed by atoms with Gasteiger partial charge in [0.15, 0.2) is 0 Å². The Morgan fingerprint density at radius 3 is 2.40 bits per heavy atom. The fourth-order valence-electron chi connectivity index (χ4n) is 0.313. The number of hydrogen-bond acceptors (Lipinski definition) is 3. The second-order valence-electron chi connectivity index (χ2n) is 1.58. The molecular formula is C5H10N2O3. The fraction of sp³-hybridized carbons (Fsp3) is 0.600. The molecule has 2 amide bonds. The summed E-state index contributed by atoms with van der Waals surface area (Å²) in [6, 6.07) is 0. The van der Waals surface area contributed by atoms with E-state index in [0.29, 0.717) is 0 Å². The maximum Gasteiger partial charge on any atom is 0.408 e. The van der Waals surface area contributed by atoms with Crippen molar-refractivity contribution in [3.05, 3.63) is 0 Å². The average molecular weight is 146 g/mol. The summed E-state index contributed by atoms with van der Waals surface area (Å²) in [5.74, 6) is -0.198. The maximum absolute atomic E-state index is 10.3. The van der Waals surface area contributed by atoms with Crippen molar-refractivity contribution < 1.29 is 14.3 Å². The van der Waals surface area contributed by atoms with Gasteiger partial charge in [0.2, 0.25) is 5.91 Å². The van der Waals surface area contributed by atoms with Crippen LogP contribution < -0.4 is 10.6 Å². The van der Waals surface area contributed by atoms with E-state index in [9.17, 15) is 9.59 Å². The molecule has 0 aliphatic heterocycles. The van der Waals surface area contributed by atoms with Crippen molar-refractivity contribution in [2.24, 2.45) is 0 Å². The van der Waals surface area contributed by atoms with Crippen LogP contribution in [0.5, 0.6) is 0 Å². The molecule has 0 aromatic carbocycles. The number of amides is 2. The van der Waals surface area contributed by atoms with Crippen molar-refractivity contribution in [2.45, 2.75) is 6.92 Å². The quantitative estimate of drug-likeness (QED) is 0.513. The van der Waals surface area contributed by atoms with E-state index in [-0.39, 0.29) is 12.6 Å². The van der Waals surface area contributed by atoms with Crippen molar-refractivity contribution >= 4 is 12.0 Å². The van der Waals surface area contributed by atoms with Gasteiger partial charge in [-0.25, -0.2) is 4.79 Å². The first-order valence-electron chi connectivity index (χ1n) is 2.73. The second kappa shape index (κ2) is 4.60. The highest BCUT2D eigenvalue weighted by atomic mass is 16.5. The van der Waals surface area contributed by atoms with E-state index in [1.54, 1.807) is 0 Å². The lowest BCUT2D eigenvalue weighted by Crippen LogP contribution is -2.35. The molecule has 5 heteroatoms. The highest BCUT2D eigenvalue weighted by Gasteiger charge is 1.95. The number of rotatable bonds is 2. The van der Waals surface area contributed by atoms with Gasteiger partial charge in [0.25, 0.3) is 0 Å². The first-order valence-corrected chi connectivity index (χ1v) is 2.73. The summed E-state index contributed by atoms with van der Waals surface area (Å²) in [6.07, 6.45) is -0.561. The minimum Gasteiger partial charge on any atom is -0.453 e. The predicted molar refractivity (Wildman–Crippen MR) is 34.2 cm³/mol. The Balaban J connectivity index is 3.20.